The Morgan fingerprint density at radius 2 is 2.04 bits per heavy atom. The SMILES string of the molecule is CN(CC(=O)O)CC1CN(C(=O)NCCCCC2CCCC2)CCO1. The molecule has 1 saturated carbocycles. The Kier molecular flexibility index (Phi) is 8.48. The molecule has 144 valence electrons. The highest BCUT2D eigenvalue weighted by molar-refractivity contribution is 5.74. The van der Waals surface area contributed by atoms with Gasteiger partial charge >= 0.3 is 12.0 Å². The van der Waals surface area contributed by atoms with Crippen molar-refractivity contribution in [1.82, 2.24) is 15.1 Å². The van der Waals surface area contributed by atoms with E-state index in [0.29, 0.717) is 26.2 Å². The summed E-state index contributed by atoms with van der Waals surface area (Å²) in [7, 11) is 1.75. The van der Waals surface area contributed by atoms with Crippen molar-refractivity contribution in [2.75, 3.05) is 46.4 Å². The molecule has 0 aromatic heterocycles. The average molecular weight is 355 g/mol. The summed E-state index contributed by atoms with van der Waals surface area (Å²) < 4.78 is 5.65. The lowest BCUT2D eigenvalue weighted by Crippen LogP contribution is -2.52. The first-order valence-corrected chi connectivity index (χ1v) is 9.59. The van der Waals surface area contributed by atoms with Crippen LogP contribution in [-0.4, -0.2) is 79.4 Å². The van der Waals surface area contributed by atoms with Gasteiger partial charge in [0, 0.05) is 26.2 Å². The summed E-state index contributed by atoms with van der Waals surface area (Å²) in [5.41, 5.74) is 0. The van der Waals surface area contributed by atoms with Crippen molar-refractivity contribution in [3.63, 3.8) is 0 Å². The zero-order chi connectivity index (χ0) is 18.1. The van der Waals surface area contributed by atoms with Crippen molar-refractivity contribution < 1.29 is 19.4 Å². The molecule has 1 aliphatic carbocycles. The summed E-state index contributed by atoms with van der Waals surface area (Å²) in [6, 6.07) is -0.0324. The quantitative estimate of drug-likeness (QED) is 0.616. The lowest BCUT2D eigenvalue weighted by Gasteiger charge is -2.34. The lowest BCUT2D eigenvalue weighted by molar-refractivity contribution is -0.138. The molecule has 2 amide bonds. The van der Waals surface area contributed by atoms with Crippen LogP contribution in [0, 0.1) is 5.92 Å². The van der Waals surface area contributed by atoms with Crippen LogP contribution in [0.15, 0.2) is 0 Å². The molecule has 1 unspecified atom stereocenters. The Morgan fingerprint density at radius 1 is 1.28 bits per heavy atom. The fraction of sp³-hybridized carbons (Fsp3) is 0.889. The molecule has 0 spiro atoms. The molecule has 1 saturated heterocycles. The van der Waals surface area contributed by atoms with E-state index >= 15 is 0 Å². The number of carbonyl (C=O) groups excluding carboxylic acids is 1. The van der Waals surface area contributed by atoms with Crippen molar-refractivity contribution >= 4 is 12.0 Å². The van der Waals surface area contributed by atoms with E-state index in [1.54, 1.807) is 16.8 Å². The van der Waals surface area contributed by atoms with E-state index in [1.165, 1.54) is 38.5 Å². The number of aliphatic carboxylic acids is 1. The van der Waals surface area contributed by atoms with Gasteiger partial charge in [0.15, 0.2) is 0 Å². The number of carbonyl (C=O) groups is 2. The van der Waals surface area contributed by atoms with Gasteiger partial charge in [0.1, 0.15) is 0 Å². The number of morpholine rings is 1. The van der Waals surface area contributed by atoms with Crippen LogP contribution in [0.4, 0.5) is 4.79 Å². The first-order valence-electron chi connectivity index (χ1n) is 9.59. The predicted octanol–water partition coefficient (Wildman–Crippen LogP) is 1.77. The molecular weight excluding hydrogens is 322 g/mol. The molecule has 2 aliphatic rings. The van der Waals surface area contributed by atoms with Crippen LogP contribution in [0.25, 0.3) is 0 Å². The number of nitrogens with one attached hydrogen (secondary N) is 1. The number of urea groups is 1. The minimum atomic E-state index is -0.856. The molecule has 7 nitrogen and oxygen atoms in total. The first kappa shape index (κ1) is 20.0. The molecule has 0 aromatic carbocycles. The van der Waals surface area contributed by atoms with Crippen LogP contribution in [0.2, 0.25) is 0 Å². The van der Waals surface area contributed by atoms with Gasteiger partial charge in [-0.25, -0.2) is 4.79 Å². The zero-order valence-corrected chi connectivity index (χ0v) is 15.4. The standard InChI is InChI=1S/C18H33N3O4/c1-20(14-17(22)23)12-16-13-21(10-11-25-16)18(24)19-9-5-4-8-15-6-2-3-7-15/h15-16H,2-14H2,1H3,(H,19,24)(H,22,23). The monoisotopic (exact) mass is 355 g/mol. The molecule has 7 heteroatoms. The van der Waals surface area contributed by atoms with Crippen molar-refractivity contribution in [2.45, 2.75) is 51.0 Å². The molecule has 0 aromatic rings. The van der Waals surface area contributed by atoms with Crippen LogP contribution < -0.4 is 5.32 Å². The summed E-state index contributed by atoms with van der Waals surface area (Å²) in [5, 5.41) is 11.8. The Morgan fingerprint density at radius 3 is 2.76 bits per heavy atom. The third-order valence-corrected chi connectivity index (χ3v) is 5.14. The van der Waals surface area contributed by atoms with E-state index in [0.717, 1.165) is 18.9 Å². The van der Waals surface area contributed by atoms with Gasteiger partial charge in [-0.3, -0.25) is 9.69 Å². The Balaban J connectivity index is 1.59. The number of carboxylic acids is 1. The Bertz CT molecular complexity index is 427. The van der Waals surface area contributed by atoms with Crippen molar-refractivity contribution in [3.8, 4) is 0 Å². The molecular formula is C18H33N3O4. The van der Waals surface area contributed by atoms with E-state index in [-0.39, 0.29) is 18.7 Å². The maximum Gasteiger partial charge on any atom is 0.317 e. The topological polar surface area (TPSA) is 82.1 Å². The van der Waals surface area contributed by atoms with Crippen LogP contribution in [0.5, 0.6) is 0 Å². The molecule has 1 aliphatic heterocycles. The second-order valence-corrected chi connectivity index (χ2v) is 7.41. The maximum absolute atomic E-state index is 12.3. The molecule has 1 atom stereocenters. The van der Waals surface area contributed by atoms with Gasteiger partial charge in [-0.1, -0.05) is 38.5 Å². The Labute approximate surface area is 150 Å². The van der Waals surface area contributed by atoms with Gasteiger partial charge in [0.05, 0.1) is 19.3 Å². The largest absolute Gasteiger partial charge is 0.480 e. The van der Waals surface area contributed by atoms with Crippen LogP contribution in [0.3, 0.4) is 0 Å². The van der Waals surface area contributed by atoms with Gasteiger partial charge in [0.2, 0.25) is 0 Å². The number of rotatable bonds is 9. The van der Waals surface area contributed by atoms with Gasteiger partial charge in [-0.2, -0.15) is 0 Å². The summed E-state index contributed by atoms with van der Waals surface area (Å²) in [6.45, 7) is 2.82. The summed E-state index contributed by atoms with van der Waals surface area (Å²) >= 11 is 0. The molecule has 25 heavy (non-hydrogen) atoms. The van der Waals surface area contributed by atoms with Crippen molar-refractivity contribution in [2.24, 2.45) is 5.92 Å². The first-order chi connectivity index (χ1) is 12.0. The number of carboxylic acid groups (broad SMARTS) is 1. The number of hydrogen-bond donors (Lipinski definition) is 2. The maximum atomic E-state index is 12.3. The minimum absolute atomic E-state index is 0.0208. The van der Waals surface area contributed by atoms with E-state index < -0.39 is 5.97 Å². The second-order valence-electron chi connectivity index (χ2n) is 7.41. The number of ether oxygens (including phenoxy) is 1. The summed E-state index contributed by atoms with van der Waals surface area (Å²) in [5.74, 6) is 0.0593. The van der Waals surface area contributed by atoms with Gasteiger partial charge in [0.25, 0.3) is 0 Å². The van der Waals surface area contributed by atoms with Crippen LogP contribution in [0.1, 0.15) is 44.9 Å². The fourth-order valence-electron chi connectivity index (χ4n) is 3.82. The van der Waals surface area contributed by atoms with E-state index in [1.807, 2.05) is 0 Å². The molecule has 0 radical (unpaired) electrons. The number of unbranched alkanes of at least 4 members (excludes halogenated alkanes) is 1. The fourth-order valence-corrected chi connectivity index (χ4v) is 3.82. The highest BCUT2D eigenvalue weighted by Crippen LogP contribution is 2.28. The average Bonchev–Trinajstić information content (AvgIpc) is 3.07. The van der Waals surface area contributed by atoms with Gasteiger partial charge < -0.3 is 20.1 Å². The highest BCUT2D eigenvalue weighted by Gasteiger charge is 2.25. The van der Waals surface area contributed by atoms with E-state index in [9.17, 15) is 9.59 Å². The Hall–Kier alpha value is -1.34. The zero-order valence-electron chi connectivity index (χ0n) is 15.4. The molecule has 0 bridgehead atoms. The highest BCUT2D eigenvalue weighted by atomic mass is 16.5. The van der Waals surface area contributed by atoms with E-state index in [4.69, 9.17) is 9.84 Å². The van der Waals surface area contributed by atoms with Crippen molar-refractivity contribution in [1.29, 1.82) is 0 Å². The number of nitrogens with zero attached hydrogens (tertiary/aromatic N) is 2. The number of amides is 2. The number of likely N-dealkylation sites (N-methyl/N-ethyl adjacent to an activating group) is 1. The molecule has 2 rings (SSSR count). The van der Waals surface area contributed by atoms with E-state index in [2.05, 4.69) is 5.32 Å². The smallest absolute Gasteiger partial charge is 0.317 e. The van der Waals surface area contributed by atoms with Crippen LogP contribution in [-0.2, 0) is 9.53 Å². The van der Waals surface area contributed by atoms with Crippen molar-refractivity contribution in [3.05, 3.63) is 0 Å². The molecule has 2 fully saturated rings. The third kappa shape index (κ3) is 7.61. The third-order valence-electron chi connectivity index (χ3n) is 5.14. The normalized spacial score (nSPS) is 21.7. The predicted molar refractivity (Wildman–Crippen MR) is 95.7 cm³/mol. The summed E-state index contributed by atoms with van der Waals surface area (Å²) in [4.78, 5) is 26.5. The summed E-state index contributed by atoms with van der Waals surface area (Å²) in [6.07, 6.45) is 8.95. The second kappa shape index (κ2) is 10.6. The van der Waals surface area contributed by atoms with Gasteiger partial charge in [-0.15, -0.1) is 0 Å². The minimum Gasteiger partial charge on any atom is -0.480 e. The van der Waals surface area contributed by atoms with Gasteiger partial charge in [-0.05, 0) is 19.4 Å². The molecule has 1 heterocycles. The molecule has 2 N–H and O–H groups in total. The van der Waals surface area contributed by atoms with Crippen LogP contribution >= 0.6 is 0 Å². The lowest BCUT2D eigenvalue weighted by atomic mass is 10.0. The number of hydrogen-bond acceptors (Lipinski definition) is 4.